The van der Waals surface area contributed by atoms with Crippen molar-refractivity contribution in [3.05, 3.63) is 92.1 Å². The lowest BCUT2D eigenvalue weighted by Gasteiger charge is -2.09. The Morgan fingerprint density at radius 2 is 1.81 bits per heavy atom. The molecule has 0 bridgehead atoms. The van der Waals surface area contributed by atoms with Crippen LogP contribution < -0.4 is 5.56 Å². The molecule has 0 radical (unpaired) electrons. The average Bonchev–Trinajstić information content (AvgIpc) is 2.61. The standard InChI is InChI=1S/C21H20ClN3O2/c1-14-4-3-5-19(23-14)12-17-10-15(2)24-25(21(17)27)13-20(26)11-16-6-8-18(22)9-7-16/h3-10H,11-13H2,1-2H3. The van der Waals surface area contributed by atoms with E-state index in [0.29, 0.717) is 22.7 Å². The number of hydrogen-bond acceptors (Lipinski definition) is 4. The van der Waals surface area contributed by atoms with Crippen molar-refractivity contribution in [2.75, 3.05) is 0 Å². The fourth-order valence-electron chi connectivity index (χ4n) is 2.92. The van der Waals surface area contributed by atoms with Crippen molar-refractivity contribution in [2.45, 2.75) is 33.2 Å². The number of rotatable bonds is 6. The number of carbonyl (C=O) groups excluding carboxylic acids is 1. The average molecular weight is 382 g/mol. The zero-order valence-electron chi connectivity index (χ0n) is 15.3. The topological polar surface area (TPSA) is 64.8 Å². The number of aryl methyl sites for hydroxylation is 2. The third kappa shape index (κ3) is 5.11. The third-order valence-electron chi connectivity index (χ3n) is 4.13. The van der Waals surface area contributed by atoms with Gasteiger partial charge in [0.05, 0.1) is 5.69 Å². The second kappa shape index (κ2) is 8.27. The minimum Gasteiger partial charge on any atom is -0.297 e. The van der Waals surface area contributed by atoms with Gasteiger partial charge in [-0.15, -0.1) is 0 Å². The van der Waals surface area contributed by atoms with Gasteiger partial charge in [-0.3, -0.25) is 14.6 Å². The van der Waals surface area contributed by atoms with Gasteiger partial charge in [-0.25, -0.2) is 4.68 Å². The molecule has 3 rings (SSSR count). The summed E-state index contributed by atoms with van der Waals surface area (Å²) >= 11 is 5.86. The van der Waals surface area contributed by atoms with Gasteiger partial charge in [0.15, 0.2) is 5.78 Å². The van der Waals surface area contributed by atoms with Crippen LogP contribution in [0.1, 0.15) is 28.2 Å². The lowest BCUT2D eigenvalue weighted by atomic mass is 10.1. The highest BCUT2D eigenvalue weighted by molar-refractivity contribution is 6.30. The van der Waals surface area contributed by atoms with Gasteiger partial charge in [0.25, 0.3) is 5.56 Å². The van der Waals surface area contributed by atoms with E-state index in [1.165, 1.54) is 4.68 Å². The summed E-state index contributed by atoms with van der Waals surface area (Å²) in [6, 6.07) is 14.6. The lowest BCUT2D eigenvalue weighted by molar-refractivity contribution is -0.119. The Balaban J connectivity index is 1.79. The van der Waals surface area contributed by atoms with Crippen molar-refractivity contribution in [2.24, 2.45) is 0 Å². The minimum atomic E-state index is -0.256. The maximum Gasteiger partial charge on any atom is 0.270 e. The molecule has 0 N–H and O–H groups in total. The van der Waals surface area contributed by atoms with E-state index in [1.807, 2.05) is 44.2 Å². The van der Waals surface area contributed by atoms with Gasteiger partial charge in [0.1, 0.15) is 6.54 Å². The van der Waals surface area contributed by atoms with Gasteiger partial charge in [-0.2, -0.15) is 5.10 Å². The molecule has 5 nitrogen and oxygen atoms in total. The number of pyridine rings is 1. The predicted octanol–water partition coefficient (Wildman–Crippen LogP) is 3.31. The van der Waals surface area contributed by atoms with Gasteiger partial charge in [-0.05, 0) is 49.7 Å². The molecular formula is C21H20ClN3O2. The maximum absolute atomic E-state index is 12.7. The summed E-state index contributed by atoms with van der Waals surface area (Å²) < 4.78 is 1.25. The quantitative estimate of drug-likeness (QED) is 0.657. The molecule has 1 aromatic carbocycles. The summed E-state index contributed by atoms with van der Waals surface area (Å²) in [5.74, 6) is -0.0860. The van der Waals surface area contributed by atoms with E-state index >= 15 is 0 Å². The first-order valence-corrected chi connectivity index (χ1v) is 9.05. The van der Waals surface area contributed by atoms with Crippen molar-refractivity contribution >= 4 is 17.4 Å². The van der Waals surface area contributed by atoms with E-state index in [0.717, 1.165) is 17.0 Å². The predicted molar refractivity (Wildman–Crippen MR) is 105 cm³/mol. The Bertz CT molecular complexity index is 1030. The first-order valence-electron chi connectivity index (χ1n) is 8.67. The fourth-order valence-corrected chi connectivity index (χ4v) is 3.05. The fraction of sp³-hybridized carbons (Fsp3) is 0.238. The van der Waals surface area contributed by atoms with Crippen LogP contribution in [0.25, 0.3) is 0 Å². The van der Waals surface area contributed by atoms with Crippen LogP contribution in [-0.2, 0) is 24.2 Å². The molecule has 2 heterocycles. The Labute approximate surface area is 162 Å². The SMILES string of the molecule is Cc1cccc(Cc2cc(C)nn(CC(=O)Cc3ccc(Cl)cc3)c2=O)n1. The number of halogens is 1. The van der Waals surface area contributed by atoms with E-state index in [2.05, 4.69) is 10.1 Å². The molecule has 6 heteroatoms. The molecule has 0 unspecified atom stereocenters. The third-order valence-corrected chi connectivity index (χ3v) is 4.38. The summed E-state index contributed by atoms with van der Waals surface area (Å²) in [7, 11) is 0. The van der Waals surface area contributed by atoms with Crippen molar-refractivity contribution in [3.63, 3.8) is 0 Å². The van der Waals surface area contributed by atoms with Gasteiger partial charge >= 0.3 is 0 Å². The minimum absolute atomic E-state index is 0.0581. The van der Waals surface area contributed by atoms with Crippen LogP contribution in [0.4, 0.5) is 0 Å². The van der Waals surface area contributed by atoms with Crippen molar-refractivity contribution in [1.29, 1.82) is 0 Å². The van der Waals surface area contributed by atoms with Gasteiger partial charge in [0, 0.05) is 34.8 Å². The van der Waals surface area contributed by atoms with Crippen LogP contribution in [-0.4, -0.2) is 20.5 Å². The van der Waals surface area contributed by atoms with E-state index in [-0.39, 0.29) is 24.3 Å². The summed E-state index contributed by atoms with van der Waals surface area (Å²) in [6.45, 7) is 3.67. The van der Waals surface area contributed by atoms with Gasteiger partial charge < -0.3 is 0 Å². The molecule has 3 aromatic rings. The van der Waals surface area contributed by atoms with Crippen LogP contribution in [0.3, 0.4) is 0 Å². The highest BCUT2D eigenvalue weighted by atomic mass is 35.5. The van der Waals surface area contributed by atoms with E-state index in [9.17, 15) is 9.59 Å². The van der Waals surface area contributed by atoms with Crippen molar-refractivity contribution in [3.8, 4) is 0 Å². The second-order valence-electron chi connectivity index (χ2n) is 6.56. The van der Waals surface area contributed by atoms with Crippen molar-refractivity contribution in [1.82, 2.24) is 14.8 Å². The molecule has 0 fully saturated rings. The monoisotopic (exact) mass is 381 g/mol. The van der Waals surface area contributed by atoms with Crippen molar-refractivity contribution < 1.29 is 4.79 Å². The maximum atomic E-state index is 12.7. The molecule has 138 valence electrons. The second-order valence-corrected chi connectivity index (χ2v) is 7.00. The molecule has 0 atom stereocenters. The molecule has 0 amide bonds. The number of hydrogen-bond donors (Lipinski definition) is 0. The number of benzene rings is 1. The summed E-state index contributed by atoms with van der Waals surface area (Å²) in [5.41, 5.74) is 3.59. The molecule has 0 aliphatic rings. The first-order chi connectivity index (χ1) is 12.9. The Morgan fingerprint density at radius 3 is 2.52 bits per heavy atom. The molecule has 0 aliphatic heterocycles. The Kier molecular flexibility index (Phi) is 5.81. The summed E-state index contributed by atoms with van der Waals surface area (Å²) in [4.78, 5) is 29.6. The van der Waals surface area contributed by atoms with Gasteiger partial charge in [0.2, 0.25) is 0 Å². The molecule has 27 heavy (non-hydrogen) atoms. The molecular weight excluding hydrogens is 362 g/mol. The van der Waals surface area contributed by atoms with Crippen LogP contribution >= 0.6 is 11.6 Å². The van der Waals surface area contributed by atoms with Crippen LogP contribution in [0.5, 0.6) is 0 Å². The number of carbonyl (C=O) groups is 1. The van der Waals surface area contributed by atoms with E-state index in [1.54, 1.807) is 18.2 Å². The summed E-state index contributed by atoms with van der Waals surface area (Å²) in [6.07, 6.45) is 0.642. The Hall–Kier alpha value is -2.79. The molecule has 0 saturated carbocycles. The summed E-state index contributed by atoms with van der Waals surface area (Å²) in [5, 5.41) is 4.85. The highest BCUT2D eigenvalue weighted by Gasteiger charge is 2.12. The van der Waals surface area contributed by atoms with Crippen LogP contribution in [0.2, 0.25) is 5.02 Å². The van der Waals surface area contributed by atoms with E-state index in [4.69, 9.17) is 11.6 Å². The molecule has 0 spiro atoms. The highest BCUT2D eigenvalue weighted by Crippen LogP contribution is 2.10. The zero-order chi connectivity index (χ0) is 19.4. The molecule has 0 aliphatic carbocycles. The largest absolute Gasteiger partial charge is 0.297 e. The van der Waals surface area contributed by atoms with Crippen LogP contribution in [0, 0.1) is 13.8 Å². The normalized spacial score (nSPS) is 10.8. The lowest BCUT2D eigenvalue weighted by Crippen LogP contribution is -2.30. The molecule has 2 aromatic heterocycles. The number of ketones is 1. The number of Topliss-reactive ketones (excluding diaryl/α,β-unsaturated/α-hetero) is 1. The smallest absolute Gasteiger partial charge is 0.270 e. The van der Waals surface area contributed by atoms with E-state index < -0.39 is 0 Å². The van der Waals surface area contributed by atoms with Crippen LogP contribution in [0.15, 0.2) is 53.3 Å². The van der Waals surface area contributed by atoms with Gasteiger partial charge in [-0.1, -0.05) is 29.8 Å². The zero-order valence-corrected chi connectivity index (χ0v) is 16.0. The Morgan fingerprint density at radius 1 is 1.07 bits per heavy atom. The first kappa shape index (κ1) is 19.0. The number of nitrogens with zero attached hydrogens (tertiary/aromatic N) is 3. The number of aromatic nitrogens is 3. The molecule has 0 saturated heterocycles.